The van der Waals surface area contributed by atoms with Crippen molar-refractivity contribution in [3.05, 3.63) is 83.1 Å². The quantitative estimate of drug-likeness (QED) is 0.604. The fraction of sp³-hybridized carbons (Fsp3) is 0.240. The summed E-state index contributed by atoms with van der Waals surface area (Å²) in [6.07, 6.45) is 0.477. The number of halogens is 1. The van der Waals surface area contributed by atoms with Crippen LogP contribution in [-0.2, 0) is 0 Å². The van der Waals surface area contributed by atoms with E-state index in [1.807, 2.05) is 71.8 Å². The predicted molar refractivity (Wildman–Crippen MR) is 121 cm³/mol. The van der Waals surface area contributed by atoms with Gasteiger partial charge in [-0.25, -0.2) is 4.98 Å². The number of benzene rings is 2. The molecule has 1 aromatic heterocycles. The van der Waals surface area contributed by atoms with E-state index in [-0.39, 0.29) is 0 Å². The zero-order valence-electron chi connectivity index (χ0n) is 16.9. The van der Waals surface area contributed by atoms with Crippen LogP contribution in [0.1, 0.15) is 11.3 Å². The van der Waals surface area contributed by atoms with Gasteiger partial charge in [0, 0.05) is 42.0 Å². The Labute approximate surface area is 186 Å². The molecule has 2 heterocycles. The molecular formula is C25H23ClN2O3. The number of rotatable bonds is 5. The summed E-state index contributed by atoms with van der Waals surface area (Å²) in [5.74, 6) is 6.96. The molecule has 5 nitrogen and oxygen atoms in total. The first-order valence-corrected chi connectivity index (χ1v) is 10.5. The fourth-order valence-corrected chi connectivity index (χ4v) is 3.50. The Hall–Kier alpha value is -2.88. The molecule has 3 aromatic rings. The molecule has 0 bridgehead atoms. The Kier molecular flexibility index (Phi) is 6.86. The van der Waals surface area contributed by atoms with Crippen molar-refractivity contribution in [1.82, 2.24) is 9.88 Å². The third-order valence-electron chi connectivity index (χ3n) is 5.14. The van der Waals surface area contributed by atoms with Crippen LogP contribution in [-0.4, -0.2) is 58.5 Å². The summed E-state index contributed by atoms with van der Waals surface area (Å²) >= 11 is 5.93. The highest BCUT2D eigenvalue weighted by molar-refractivity contribution is 6.30. The van der Waals surface area contributed by atoms with Crippen molar-refractivity contribution in [2.45, 2.75) is 12.2 Å². The predicted octanol–water partition coefficient (Wildman–Crippen LogP) is 3.22. The number of aliphatic hydroxyl groups is 2. The molecule has 31 heavy (non-hydrogen) atoms. The molecule has 0 aliphatic carbocycles. The lowest BCUT2D eigenvalue weighted by atomic mass is 10.1. The lowest BCUT2D eigenvalue weighted by molar-refractivity contribution is 0.0572. The van der Waals surface area contributed by atoms with Gasteiger partial charge < -0.3 is 14.9 Å². The van der Waals surface area contributed by atoms with Crippen molar-refractivity contribution in [1.29, 1.82) is 0 Å². The minimum Gasteiger partial charge on any atom is -0.492 e. The van der Waals surface area contributed by atoms with E-state index in [1.165, 1.54) is 0 Å². The number of hydrogen-bond acceptors (Lipinski definition) is 5. The molecule has 2 aromatic carbocycles. The number of aromatic nitrogens is 1. The smallest absolute Gasteiger partial charge is 0.119 e. The van der Waals surface area contributed by atoms with E-state index >= 15 is 0 Å². The molecule has 0 saturated carbocycles. The minimum atomic E-state index is -0.666. The Morgan fingerprint density at radius 1 is 0.903 bits per heavy atom. The monoisotopic (exact) mass is 434 g/mol. The fourth-order valence-electron chi connectivity index (χ4n) is 3.37. The van der Waals surface area contributed by atoms with E-state index < -0.39 is 12.2 Å². The number of pyridine rings is 1. The summed E-state index contributed by atoms with van der Waals surface area (Å²) in [7, 11) is 0. The lowest BCUT2D eigenvalue weighted by Gasteiger charge is -2.15. The molecule has 4 rings (SSSR count). The molecule has 0 radical (unpaired) electrons. The van der Waals surface area contributed by atoms with Crippen LogP contribution in [0.5, 0.6) is 5.75 Å². The molecule has 2 N–H and O–H groups in total. The molecule has 6 heteroatoms. The molecule has 0 spiro atoms. The van der Waals surface area contributed by atoms with Gasteiger partial charge in [0.2, 0.25) is 0 Å². The van der Waals surface area contributed by atoms with Gasteiger partial charge in [-0.3, -0.25) is 4.90 Å². The highest BCUT2D eigenvalue weighted by Crippen LogP contribution is 2.20. The molecule has 1 aliphatic rings. The van der Waals surface area contributed by atoms with Gasteiger partial charge in [0.05, 0.1) is 12.2 Å². The van der Waals surface area contributed by atoms with Crippen LogP contribution in [0.25, 0.3) is 11.1 Å². The molecule has 2 atom stereocenters. The molecule has 1 fully saturated rings. The average Bonchev–Trinajstić information content (AvgIpc) is 3.11. The van der Waals surface area contributed by atoms with Crippen molar-refractivity contribution in [3.63, 3.8) is 0 Å². The molecule has 1 saturated heterocycles. The van der Waals surface area contributed by atoms with Crippen molar-refractivity contribution < 1.29 is 14.9 Å². The van der Waals surface area contributed by atoms with Crippen LogP contribution >= 0.6 is 11.6 Å². The number of nitrogens with zero attached hydrogens (tertiary/aromatic N) is 2. The number of likely N-dealkylation sites (tertiary alicyclic amines) is 1. The standard InChI is InChI=1S/C25H23ClN2O3/c26-21-7-4-19(5-8-21)20-6-10-22(27-15-20)9-1-18-2-11-23(12-3-18)31-14-13-28-16-24(29)25(30)17-28/h2-8,10-12,15,24-25,29-30H,13-14,16-17H2/t24-,25?/m1/s1. The summed E-state index contributed by atoms with van der Waals surface area (Å²) in [4.78, 5) is 6.41. The van der Waals surface area contributed by atoms with Crippen LogP contribution in [0.3, 0.4) is 0 Å². The molecule has 0 amide bonds. The summed E-state index contributed by atoms with van der Waals surface area (Å²) in [6.45, 7) is 2.11. The van der Waals surface area contributed by atoms with E-state index in [9.17, 15) is 10.2 Å². The van der Waals surface area contributed by atoms with Gasteiger partial charge in [0.1, 0.15) is 18.1 Å². The highest BCUT2D eigenvalue weighted by Gasteiger charge is 2.28. The lowest BCUT2D eigenvalue weighted by Crippen LogP contribution is -2.27. The number of aliphatic hydroxyl groups excluding tert-OH is 2. The van der Waals surface area contributed by atoms with Crippen LogP contribution < -0.4 is 4.74 Å². The number of ether oxygens (including phenoxy) is 1. The summed E-state index contributed by atoms with van der Waals surface area (Å²) < 4.78 is 5.75. The van der Waals surface area contributed by atoms with Gasteiger partial charge in [-0.15, -0.1) is 0 Å². The van der Waals surface area contributed by atoms with Gasteiger partial charge in [0.25, 0.3) is 0 Å². The Morgan fingerprint density at radius 2 is 1.58 bits per heavy atom. The third kappa shape index (κ3) is 5.84. The van der Waals surface area contributed by atoms with E-state index in [4.69, 9.17) is 16.3 Å². The van der Waals surface area contributed by atoms with E-state index in [0.29, 0.717) is 37.0 Å². The first-order chi connectivity index (χ1) is 15.1. The minimum absolute atomic E-state index is 0.480. The van der Waals surface area contributed by atoms with Crippen molar-refractivity contribution >= 4 is 11.6 Å². The van der Waals surface area contributed by atoms with Crippen LogP contribution in [0, 0.1) is 11.8 Å². The Bertz CT molecular complexity index is 1050. The first-order valence-electron chi connectivity index (χ1n) is 10.1. The van der Waals surface area contributed by atoms with Crippen molar-refractivity contribution in [2.75, 3.05) is 26.2 Å². The summed E-state index contributed by atoms with van der Waals surface area (Å²) in [5, 5.41) is 19.8. The Balaban J connectivity index is 1.29. The average molecular weight is 435 g/mol. The largest absolute Gasteiger partial charge is 0.492 e. The van der Waals surface area contributed by atoms with Crippen LogP contribution in [0.4, 0.5) is 0 Å². The second kappa shape index (κ2) is 9.95. The molecule has 1 aliphatic heterocycles. The third-order valence-corrected chi connectivity index (χ3v) is 5.39. The maximum Gasteiger partial charge on any atom is 0.119 e. The molecule has 158 valence electrons. The van der Waals surface area contributed by atoms with Crippen molar-refractivity contribution in [3.8, 4) is 28.7 Å². The SMILES string of the molecule is OC1CN(CCOc2ccc(C#Cc3ccc(-c4ccc(Cl)cc4)cn3)cc2)C[C@H]1O. The summed E-state index contributed by atoms with van der Waals surface area (Å²) in [5.41, 5.74) is 3.65. The topological polar surface area (TPSA) is 65.8 Å². The van der Waals surface area contributed by atoms with Gasteiger partial charge in [-0.1, -0.05) is 35.7 Å². The molecular weight excluding hydrogens is 412 g/mol. The number of hydrogen-bond donors (Lipinski definition) is 2. The zero-order chi connectivity index (χ0) is 21.6. The van der Waals surface area contributed by atoms with Gasteiger partial charge in [0.15, 0.2) is 0 Å². The maximum absolute atomic E-state index is 9.57. The van der Waals surface area contributed by atoms with Gasteiger partial charge >= 0.3 is 0 Å². The second-order valence-electron chi connectivity index (χ2n) is 7.46. The van der Waals surface area contributed by atoms with Gasteiger partial charge in [-0.05, 0) is 53.9 Å². The zero-order valence-corrected chi connectivity index (χ0v) is 17.7. The van der Waals surface area contributed by atoms with Gasteiger partial charge in [-0.2, -0.15) is 0 Å². The van der Waals surface area contributed by atoms with Crippen LogP contribution in [0.2, 0.25) is 5.02 Å². The Morgan fingerprint density at radius 3 is 2.23 bits per heavy atom. The van der Waals surface area contributed by atoms with Crippen LogP contribution in [0.15, 0.2) is 66.9 Å². The molecule has 1 unspecified atom stereocenters. The highest BCUT2D eigenvalue weighted by atomic mass is 35.5. The maximum atomic E-state index is 9.57. The first kappa shape index (κ1) is 21.4. The van der Waals surface area contributed by atoms with Crippen molar-refractivity contribution in [2.24, 2.45) is 0 Å². The number of β-amino-alcohol motifs (C(OH)–C–C–N with tert-alkyl or cyclic N) is 2. The normalized spacial score (nSPS) is 18.4. The second-order valence-corrected chi connectivity index (χ2v) is 7.89. The summed E-state index contributed by atoms with van der Waals surface area (Å²) in [6, 6.07) is 19.1. The van der Waals surface area contributed by atoms with E-state index in [2.05, 4.69) is 16.8 Å². The van der Waals surface area contributed by atoms with E-state index in [0.717, 1.165) is 22.4 Å². The van der Waals surface area contributed by atoms with E-state index in [1.54, 1.807) is 0 Å².